The number of H-pyrrole nitrogens is 1. The van der Waals surface area contributed by atoms with Gasteiger partial charge in [-0.15, -0.1) is 5.10 Å². The molecular weight excluding hydrogens is 308 g/mol. The van der Waals surface area contributed by atoms with E-state index in [-0.39, 0.29) is 0 Å². The van der Waals surface area contributed by atoms with Crippen LogP contribution in [-0.2, 0) is 12.2 Å². The highest BCUT2D eigenvalue weighted by Gasteiger charge is 2.16. The summed E-state index contributed by atoms with van der Waals surface area (Å²) in [7, 11) is 0. The minimum absolute atomic E-state index is 0.331. The van der Waals surface area contributed by atoms with Gasteiger partial charge in [0.2, 0.25) is 5.16 Å². The minimum atomic E-state index is -2.56. The lowest BCUT2D eigenvalue weighted by Crippen LogP contribution is -2.02. The maximum Gasteiger partial charge on any atom is 0.319 e. The molecule has 0 bridgehead atoms. The van der Waals surface area contributed by atoms with Gasteiger partial charge in [0, 0.05) is 18.8 Å². The van der Waals surface area contributed by atoms with Crippen molar-refractivity contribution in [2.24, 2.45) is 5.92 Å². The fourth-order valence-corrected chi connectivity index (χ4v) is 3.62. The second-order valence-electron chi connectivity index (χ2n) is 5.57. The SMILES string of the molecule is FC(F)n1ccnc1CSc1n[nH]c(CCC2CCCC2)n1. The lowest BCUT2D eigenvalue weighted by Gasteiger charge is -2.05. The molecule has 1 saturated carbocycles. The third kappa shape index (κ3) is 3.85. The van der Waals surface area contributed by atoms with Crippen LogP contribution in [0.3, 0.4) is 0 Å². The molecule has 3 rings (SSSR count). The van der Waals surface area contributed by atoms with Gasteiger partial charge in [0.05, 0.1) is 5.75 Å². The minimum Gasteiger partial charge on any atom is -0.277 e. The van der Waals surface area contributed by atoms with E-state index in [4.69, 9.17) is 0 Å². The standard InChI is InChI=1S/C14H19F2N5S/c15-13(16)21-8-7-17-12(21)9-22-14-18-11(19-20-14)6-5-10-3-1-2-4-10/h7-8,10,13H,1-6,9H2,(H,18,19,20). The lowest BCUT2D eigenvalue weighted by atomic mass is 10.0. The first-order valence-electron chi connectivity index (χ1n) is 7.56. The summed E-state index contributed by atoms with van der Waals surface area (Å²) in [6.45, 7) is -2.56. The summed E-state index contributed by atoms with van der Waals surface area (Å²) in [6.07, 6.45) is 10.1. The fraction of sp³-hybridized carbons (Fsp3) is 0.643. The Labute approximate surface area is 131 Å². The van der Waals surface area contributed by atoms with Crippen LogP contribution in [0.2, 0.25) is 0 Å². The molecule has 22 heavy (non-hydrogen) atoms. The van der Waals surface area contributed by atoms with E-state index in [0.717, 1.165) is 29.2 Å². The smallest absolute Gasteiger partial charge is 0.277 e. The number of nitrogens with one attached hydrogen (secondary N) is 1. The summed E-state index contributed by atoms with van der Waals surface area (Å²) in [6, 6.07) is 0. The molecule has 2 aromatic rings. The van der Waals surface area contributed by atoms with Crippen molar-refractivity contribution >= 4 is 11.8 Å². The number of halogens is 2. The topological polar surface area (TPSA) is 59.4 Å². The molecule has 1 aliphatic rings. The zero-order valence-electron chi connectivity index (χ0n) is 12.2. The zero-order valence-corrected chi connectivity index (χ0v) is 13.0. The number of hydrogen-bond donors (Lipinski definition) is 1. The Balaban J connectivity index is 1.49. The molecule has 2 aromatic heterocycles. The first-order valence-corrected chi connectivity index (χ1v) is 8.55. The number of aromatic nitrogens is 5. The lowest BCUT2D eigenvalue weighted by molar-refractivity contribution is 0.0678. The van der Waals surface area contributed by atoms with Crippen molar-refractivity contribution in [3.8, 4) is 0 Å². The van der Waals surface area contributed by atoms with Crippen LogP contribution in [0, 0.1) is 5.92 Å². The van der Waals surface area contributed by atoms with Crippen molar-refractivity contribution in [2.45, 2.75) is 56.0 Å². The van der Waals surface area contributed by atoms with Gasteiger partial charge in [-0.05, 0) is 12.3 Å². The van der Waals surface area contributed by atoms with Crippen molar-refractivity contribution in [1.82, 2.24) is 24.7 Å². The predicted octanol–water partition coefficient (Wildman–Crippen LogP) is 3.81. The second-order valence-corrected chi connectivity index (χ2v) is 6.51. The quantitative estimate of drug-likeness (QED) is 0.786. The van der Waals surface area contributed by atoms with Gasteiger partial charge in [-0.1, -0.05) is 37.4 Å². The number of imidazole rings is 1. The summed E-state index contributed by atoms with van der Waals surface area (Å²) >= 11 is 1.32. The highest BCUT2D eigenvalue weighted by Crippen LogP contribution is 2.28. The molecule has 0 saturated heterocycles. The average Bonchev–Trinajstić information content (AvgIpc) is 3.23. The maximum absolute atomic E-state index is 12.7. The van der Waals surface area contributed by atoms with Gasteiger partial charge < -0.3 is 0 Å². The van der Waals surface area contributed by atoms with Crippen LogP contribution < -0.4 is 0 Å². The van der Waals surface area contributed by atoms with Crippen LogP contribution in [0.1, 0.15) is 50.3 Å². The highest BCUT2D eigenvalue weighted by molar-refractivity contribution is 7.98. The number of rotatable bonds is 7. The molecule has 0 atom stereocenters. The van der Waals surface area contributed by atoms with Crippen LogP contribution in [0.25, 0.3) is 0 Å². The summed E-state index contributed by atoms with van der Waals surface area (Å²) in [5, 5.41) is 7.67. The second kappa shape index (κ2) is 7.21. The van der Waals surface area contributed by atoms with Gasteiger partial charge >= 0.3 is 6.55 Å². The van der Waals surface area contributed by atoms with Crippen LogP contribution in [0.15, 0.2) is 17.6 Å². The zero-order chi connectivity index (χ0) is 15.4. The summed E-state index contributed by atoms with van der Waals surface area (Å²) < 4.78 is 26.3. The van der Waals surface area contributed by atoms with Crippen molar-refractivity contribution in [3.05, 3.63) is 24.0 Å². The molecule has 1 aliphatic carbocycles. The van der Waals surface area contributed by atoms with E-state index < -0.39 is 6.55 Å². The van der Waals surface area contributed by atoms with E-state index in [0.29, 0.717) is 16.7 Å². The van der Waals surface area contributed by atoms with E-state index >= 15 is 0 Å². The van der Waals surface area contributed by atoms with E-state index in [1.54, 1.807) is 0 Å². The Kier molecular flexibility index (Phi) is 5.07. The van der Waals surface area contributed by atoms with Crippen LogP contribution in [0.4, 0.5) is 8.78 Å². The summed E-state index contributed by atoms with van der Waals surface area (Å²) in [5.74, 6) is 2.36. The molecule has 2 heterocycles. The first-order chi connectivity index (χ1) is 10.7. The number of alkyl halides is 2. The molecule has 5 nitrogen and oxygen atoms in total. The molecular formula is C14H19F2N5S. The van der Waals surface area contributed by atoms with Crippen molar-refractivity contribution in [3.63, 3.8) is 0 Å². The summed E-state index contributed by atoms with van der Waals surface area (Å²) in [5.41, 5.74) is 0. The maximum atomic E-state index is 12.7. The third-order valence-corrected chi connectivity index (χ3v) is 4.91. The molecule has 0 aliphatic heterocycles. The van der Waals surface area contributed by atoms with E-state index in [2.05, 4.69) is 20.2 Å². The number of aromatic amines is 1. The van der Waals surface area contributed by atoms with Crippen molar-refractivity contribution in [2.75, 3.05) is 0 Å². The molecule has 0 amide bonds. The molecule has 0 spiro atoms. The Hall–Kier alpha value is -1.44. The fourth-order valence-electron chi connectivity index (χ4n) is 2.86. The molecule has 1 N–H and O–H groups in total. The monoisotopic (exact) mass is 327 g/mol. The number of aryl methyl sites for hydroxylation is 1. The number of nitrogens with zero attached hydrogens (tertiary/aromatic N) is 4. The Morgan fingerprint density at radius 2 is 2.18 bits per heavy atom. The van der Waals surface area contributed by atoms with Crippen molar-refractivity contribution < 1.29 is 8.78 Å². The molecule has 0 unspecified atom stereocenters. The number of hydrogen-bond acceptors (Lipinski definition) is 4. The average molecular weight is 327 g/mol. The van der Waals surface area contributed by atoms with Crippen LogP contribution in [0.5, 0.6) is 0 Å². The van der Waals surface area contributed by atoms with E-state index in [1.807, 2.05) is 0 Å². The van der Waals surface area contributed by atoms with E-state index in [9.17, 15) is 8.78 Å². The van der Waals surface area contributed by atoms with Gasteiger partial charge in [-0.3, -0.25) is 9.67 Å². The normalized spacial score (nSPS) is 16.0. The predicted molar refractivity (Wildman–Crippen MR) is 79.7 cm³/mol. The molecule has 1 fully saturated rings. The van der Waals surface area contributed by atoms with Gasteiger partial charge in [-0.2, -0.15) is 8.78 Å². The third-order valence-electron chi connectivity index (χ3n) is 4.06. The van der Waals surface area contributed by atoms with Gasteiger partial charge in [-0.25, -0.2) is 9.97 Å². The largest absolute Gasteiger partial charge is 0.319 e. The van der Waals surface area contributed by atoms with Gasteiger partial charge in [0.25, 0.3) is 0 Å². The molecule has 0 radical (unpaired) electrons. The molecule has 0 aromatic carbocycles. The molecule has 120 valence electrons. The van der Waals surface area contributed by atoms with Crippen LogP contribution >= 0.6 is 11.8 Å². The molecule has 8 heteroatoms. The number of thioether (sulfide) groups is 1. The Morgan fingerprint density at radius 1 is 1.36 bits per heavy atom. The highest BCUT2D eigenvalue weighted by atomic mass is 32.2. The van der Waals surface area contributed by atoms with E-state index in [1.165, 1.54) is 49.8 Å². The first kappa shape index (κ1) is 15.5. The van der Waals surface area contributed by atoms with Crippen LogP contribution in [-0.4, -0.2) is 24.7 Å². The van der Waals surface area contributed by atoms with Gasteiger partial charge in [0.1, 0.15) is 11.6 Å². The summed E-state index contributed by atoms with van der Waals surface area (Å²) in [4.78, 5) is 8.36. The Morgan fingerprint density at radius 3 is 2.95 bits per heavy atom. The Bertz CT molecular complexity index is 592. The van der Waals surface area contributed by atoms with Crippen molar-refractivity contribution in [1.29, 1.82) is 0 Å². The van der Waals surface area contributed by atoms with Gasteiger partial charge in [0.15, 0.2) is 0 Å².